The number of fused-ring (bicyclic) bond motifs is 1. The summed E-state index contributed by atoms with van der Waals surface area (Å²) in [5.74, 6) is -0.643. The van der Waals surface area contributed by atoms with Gasteiger partial charge in [0.05, 0.1) is 24.8 Å². The van der Waals surface area contributed by atoms with Crippen molar-refractivity contribution in [3.8, 4) is 11.3 Å². The summed E-state index contributed by atoms with van der Waals surface area (Å²) in [6.07, 6.45) is -0.0464. The average molecular weight is 439 g/mol. The molecular weight excluding hydrogens is 420 g/mol. The fraction of sp³-hybridized carbons (Fsp3) is 0.182. The van der Waals surface area contributed by atoms with Crippen molar-refractivity contribution in [3.05, 3.63) is 64.7 Å². The topological polar surface area (TPSA) is 102 Å². The molecule has 0 spiro atoms. The van der Waals surface area contributed by atoms with Crippen LogP contribution in [0.3, 0.4) is 0 Å². The number of nitrogens with one attached hydrogen (secondary N) is 2. The van der Waals surface area contributed by atoms with Gasteiger partial charge in [0.25, 0.3) is 0 Å². The summed E-state index contributed by atoms with van der Waals surface area (Å²) in [4.78, 5) is 36.9. The number of ether oxygens (including phenoxy) is 1. The summed E-state index contributed by atoms with van der Waals surface area (Å²) in [6, 6.07) is 12.7. The molecule has 0 saturated heterocycles. The van der Waals surface area contributed by atoms with Crippen molar-refractivity contribution in [2.24, 2.45) is 0 Å². The molecule has 0 saturated carbocycles. The molecule has 1 atom stereocenters. The van der Waals surface area contributed by atoms with Gasteiger partial charge in [0, 0.05) is 21.8 Å². The number of rotatable bonds is 4. The van der Waals surface area contributed by atoms with Gasteiger partial charge in [-0.2, -0.15) is 5.10 Å². The van der Waals surface area contributed by atoms with Crippen molar-refractivity contribution in [2.45, 2.75) is 19.4 Å². The quantitative estimate of drug-likeness (QED) is 0.603. The lowest BCUT2D eigenvalue weighted by molar-refractivity contribution is -0.125. The lowest BCUT2D eigenvalue weighted by atomic mass is 10.1. The van der Waals surface area contributed by atoms with Gasteiger partial charge in [0.2, 0.25) is 11.8 Å². The number of esters is 1. The van der Waals surface area contributed by atoms with Gasteiger partial charge in [-0.1, -0.05) is 23.7 Å². The van der Waals surface area contributed by atoms with Crippen molar-refractivity contribution in [3.63, 3.8) is 0 Å². The van der Waals surface area contributed by atoms with Gasteiger partial charge in [-0.25, -0.2) is 9.48 Å². The average Bonchev–Trinajstić information content (AvgIpc) is 3.09. The third kappa shape index (κ3) is 4.02. The number of hydrogen-bond acceptors (Lipinski definition) is 5. The molecule has 0 aliphatic carbocycles. The summed E-state index contributed by atoms with van der Waals surface area (Å²) < 4.78 is 6.20. The Morgan fingerprint density at radius 3 is 2.65 bits per heavy atom. The molecule has 31 heavy (non-hydrogen) atoms. The standard InChI is InChI=1S/C22H19ClN4O4/c1-12-19(14-4-3-5-15(23)10-14)26-27-17(11-18(28)25-20(12)27)21(29)24-16-8-6-13(7-9-16)22(30)31-2/h3-10,17H,11H2,1-2H3,(H,24,29)(H,25,28). The van der Waals surface area contributed by atoms with Gasteiger partial charge >= 0.3 is 5.97 Å². The van der Waals surface area contributed by atoms with Crippen LogP contribution >= 0.6 is 11.6 Å². The zero-order chi connectivity index (χ0) is 22.1. The minimum atomic E-state index is -0.823. The highest BCUT2D eigenvalue weighted by molar-refractivity contribution is 6.30. The summed E-state index contributed by atoms with van der Waals surface area (Å²) in [5, 5.41) is 10.8. The number of carbonyl (C=O) groups is 3. The molecular formula is C22H19ClN4O4. The molecule has 1 aliphatic heterocycles. The number of benzene rings is 2. The number of amides is 2. The Morgan fingerprint density at radius 2 is 1.97 bits per heavy atom. The minimum Gasteiger partial charge on any atom is -0.465 e. The first kappa shape index (κ1) is 20.6. The second-order valence-corrected chi connectivity index (χ2v) is 7.54. The number of nitrogens with zero attached hydrogens (tertiary/aromatic N) is 2. The summed E-state index contributed by atoms with van der Waals surface area (Å²) in [5.41, 5.74) is 3.03. The van der Waals surface area contributed by atoms with E-state index in [1.54, 1.807) is 36.4 Å². The van der Waals surface area contributed by atoms with E-state index in [1.807, 2.05) is 19.1 Å². The van der Waals surface area contributed by atoms with Crippen LogP contribution in [0.25, 0.3) is 11.3 Å². The highest BCUT2D eigenvalue weighted by Gasteiger charge is 2.34. The van der Waals surface area contributed by atoms with Crippen molar-refractivity contribution < 1.29 is 19.1 Å². The van der Waals surface area contributed by atoms with Gasteiger partial charge in [0.1, 0.15) is 11.9 Å². The molecule has 2 aromatic carbocycles. The number of anilines is 2. The molecule has 0 fully saturated rings. The molecule has 158 valence electrons. The number of carbonyl (C=O) groups excluding carboxylic acids is 3. The Kier molecular flexibility index (Phi) is 5.48. The van der Waals surface area contributed by atoms with Gasteiger partial charge in [-0.15, -0.1) is 0 Å². The lowest BCUT2D eigenvalue weighted by Crippen LogP contribution is -2.35. The van der Waals surface area contributed by atoms with Gasteiger partial charge in [-0.05, 0) is 43.3 Å². The molecule has 0 radical (unpaired) electrons. The lowest BCUT2D eigenvalue weighted by Gasteiger charge is -2.24. The second kappa shape index (κ2) is 8.23. The van der Waals surface area contributed by atoms with Crippen molar-refractivity contribution in [1.82, 2.24) is 9.78 Å². The predicted molar refractivity (Wildman–Crippen MR) is 116 cm³/mol. The third-order valence-electron chi connectivity index (χ3n) is 5.05. The zero-order valence-electron chi connectivity index (χ0n) is 16.8. The van der Waals surface area contributed by atoms with E-state index < -0.39 is 12.0 Å². The summed E-state index contributed by atoms with van der Waals surface area (Å²) in [6.45, 7) is 1.83. The number of methoxy groups -OCH3 is 1. The molecule has 2 N–H and O–H groups in total. The Morgan fingerprint density at radius 1 is 1.23 bits per heavy atom. The molecule has 1 aromatic heterocycles. The fourth-order valence-electron chi connectivity index (χ4n) is 3.49. The Balaban J connectivity index is 1.63. The fourth-order valence-corrected chi connectivity index (χ4v) is 3.68. The van der Waals surface area contributed by atoms with E-state index in [2.05, 4.69) is 20.5 Å². The van der Waals surface area contributed by atoms with E-state index >= 15 is 0 Å². The van der Waals surface area contributed by atoms with E-state index in [9.17, 15) is 14.4 Å². The van der Waals surface area contributed by atoms with Crippen LogP contribution in [-0.2, 0) is 14.3 Å². The minimum absolute atomic E-state index is 0.0464. The first-order chi connectivity index (χ1) is 14.9. The van der Waals surface area contributed by atoms with Gasteiger partial charge in [-0.3, -0.25) is 9.59 Å². The normalized spacial score (nSPS) is 15.1. The molecule has 1 aliphatic rings. The van der Waals surface area contributed by atoms with Crippen molar-refractivity contribution in [2.75, 3.05) is 17.7 Å². The van der Waals surface area contributed by atoms with Crippen LogP contribution in [-0.4, -0.2) is 34.7 Å². The zero-order valence-corrected chi connectivity index (χ0v) is 17.6. The largest absolute Gasteiger partial charge is 0.465 e. The van der Waals surface area contributed by atoms with Crippen LogP contribution in [0.4, 0.5) is 11.5 Å². The first-order valence-corrected chi connectivity index (χ1v) is 9.89. The van der Waals surface area contributed by atoms with Crippen LogP contribution in [0.1, 0.15) is 28.4 Å². The van der Waals surface area contributed by atoms with E-state index in [4.69, 9.17) is 11.6 Å². The molecule has 3 aromatic rings. The van der Waals surface area contributed by atoms with E-state index in [-0.39, 0.29) is 18.2 Å². The van der Waals surface area contributed by atoms with Crippen molar-refractivity contribution >= 4 is 40.9 Å². The first-order valence-electron chi connectivity index (χ1n) is 9.51. The van der Waals surface area contributed by atoms with E-state index in [1.165, 1.54) is 11.8 Å². The second-order valence-electron chi connectivity index (χ2n) is 7.10. The third-order valence-corrected chi connectivity index (χ3v) is 5.29. The molecule has 8 nitrogen and oxygen atoms in total. The van der Waals surface area contributed by atoms with E-state index in [0.29, 0.717) is 27.8 Å². The highest BCUT2D eigenvalue weighted by atomic mass is 35.5. The summed E-state index contributed by atoms with van der Waals surface area (Å²) in [7, 11) is 1.30. The Labute approximate surface area is 183 Å². The molecule has 9 heteroatoms. The predicted octanol–water partition coefficient (Wildman–Crippen LogP) is 3.82. The maximum absolute atomic E-state index is 13.0. The molecule has 1 unspecified atom stereocenters. The van der Waals surface area contributed by atoms with Crippen LogP contribution < -0.4 is 10.6 Å². The number of hydrogen-bond donors (Lipinski definition) is 2. The maximum atomic E-state index is 13.0. The molecule has 2 heterocycles. The van der Waals surface area contributed by atoms with E-state index in [0.717, 1.165) is 11.1 Å². The smallest absolute Gasteiger partial charge is 0.337 e. The maximum Gasteiger partial charge on any atom is 0.337 e. The Bertz CT molecular complexity index is 1190. The van der Waals surface area contributed by atoms with Crippen LogP contribution in [0.5, 0.6) is 0 Å². The molecule has 4 rings (SSSR count). The monoisotopic (exact) mass is 438 g/mol. The SMILES string of the molecule is COC(=O)c1ccc(NC(=O)C2CC(=O)Nc3c(C)c(-c4cccc(Cl)c4)nn32)cc1. The Hall–Kier alpha value is -3.65. The van der Waals surface area contributed by atoms with Crippen molar-refractivity contribution in [1.29, 1.82) is 0 Å². The molecule has 2 amide bonds. The number of aromatic nitrogens is 2. The van der Waals surface area contributed by atoms with Crippen LogP contribution in [0.2, 0.25) is 5.02 Å². The van der Waals surface area contributed by atoms with Gasteiger partial charge < -0.3 is 15.4 Å². The van der Waals surface area contributed by atoms with Gasteiger partial charge in [0.15, 0.2) is 0 Å². The number of halogens is 1. The summed E-state index contributed by atoms with van der Waals surface area (Å²) >= 11 is 6.11. The van der Waals surface area contributed by atoms with Crippen LogP contribution in [0, 0.1) is 6.92 Å². The molecule has 0 bridgehead atoms. The highest BCUT2D eigenvalue weighted by Crippen LogP contribution is 2.35. The van der Waals surface area contributed by atoms with Crippen LogP contribution in [0.15, 0.2) is 48.5 Å².